The van der Waals surface area contributed by atoms with E-state index in [-0.39, 0.29) is 23.5 Å². The molecule has 1 amide bonds. The summed E-state index contributed by atoms with van der Waals surface area (Å²) in [4.78, 5) is 22.4. The van der Waals surface area contributed by atoms with Gasteiger partial charge in [0.2, 0.25) is 5.91 Å². The lowest BCUT2D eigenvalue weighted by atomic mass is 10.1. The minimum Gasteiger partial charge on any atom is -0.324 e. The van der Waals surface area contributed by atoms with Crippen LogP contribution in [0.15, 0.2) is 24.3 Å². The van der Waals surface area contributed by atoms with E-state index in [0.29, 0.717) is 11.3 Å². The first-order valence-corrected chi connectivity index (χ1v) is 5.30. The van der Waals surface area contributed by atoms with Crippen LogP contribution in [0.4, 0.5) is 5.69 Å². The van der Waals surface area contributed by atoms with Gasteiger partial charge < -0.3 is 5.32 Å². The van der Waals surface area contributed by atoms with Gasteiger partial charge in [-0.3, -0.25) is 9.59 Å². The van der Waals surface area contributed by atoms with E-state index in [1.165, 1.54) is 0 Å². The van der Waals surface area contributed by atoms with E-state index < -0.39 is 0 Å². The largest absolute Gasteiger partial charge is 0.324 e. The van der Waals surface area contributed by atoms with Gasteiger partial charge in [-0.25, -0.2) is 0 Å². The molecule has 0 saturated carbocycles. The van der Waals surface area contributed by atoms with E-state index in [0.717, 1.165) is 0 Å². The highest BCUT2D eigenvalue weighted by molar-refractivity contribution is 6.32. The lowest BCUT2D eigenvalue weighted by Crippen LogP contribution is -2.15. The summed E-state index contributed by atoms with van der Waals surface area (Å²) in [6.45, 7) is 0. The molecule has 15 heavy (non-hydrogen) atoms. The molecule has 0 atom stereocenters. The number of carbonyl (C=O) groups is 2. The number of halogens is 2. The molecular formula is C10H9Cl2NO2. The molecule has 3 nitrogen and oxygen atoms in total. The van der Waals surface area contributed by atoms with Crippen LogP contribution in [0.1, 0.15) is 10.4 Å². The number of hydrogen-bond acceptors (Lipinski definition) is 2. The van der Waals surface area contributed by atoms with Crippen molar-refractivity contribution in [1.82, 2.24) is 0 Å². The third-order valence-electron chi connectivity index (χ3n) is 1.74. The van der Waals surface area contributed by atoms with Crippen LogP contribution < -0.4 is 5.32 Å². The Labute approximate surface area is 97.4 Å². The van der Waals surface area contributed by atoms with Gasteiger partial charge in [0.15, 0.2) is 5.78 Å². The average molecular weight is 246 g/mol. The topological polar surface area (TPSA) is 46.2 Å². The highest BCUT2D eigenvalue weighted by Gasteiger charge is 2.11. The summed E-state index contributed by atoms with van der Waals surface area (Å²) in [6, 6.07) is 6.66. The molecule has 1 rings (SSSR count). The number of Topliss-reactive ketones (excluding diaryl/α,β-unsaturated/α-hetero) is 1. The Hall–Kier alpha value is -1.06. The minimum atomic E-state index is -0.355. The molecule has 1 N–H and O–H groups in total. The monoisotopic (exact) mass is 245 g/mol. The molecule has 0 spiro atoms. The Kier molecular flexibility index (Phi) is 4.59. The third-order valence-corrected chi connectivity index (χ3v) is 2.23. The summed E-state index contributed by atoms with van der Waals surface area (Å²) in [7, 11) is 0. The zero-order chi connectivity index (χ0) is 11.3. The second kappa shape index (κ2) is 5.73. The fourth-order valence-corrected chi connectivity index (χ4v) is 1.30. The SMILES string of the molecule is O=C(CCl)Nc1ccccc1C(=O)CCl. The number of carbonyl (C=O) groups excluding carboxylic acids is 2. The smallest absolute Gasteiger partial charge is 0.239 e. The fourth-order valence-electron chi connectivity index (χ4n) is 1.09. The van der Waals surface area contributed by atoms with Gasteiger partial charge in [-0.15, -0.1) is 23.2 Å². The average Bonchev–Trinajstić information content (AvgIpc) is 2.28. The van der Waals surface area contributed by atoms with Gasteiger partial charge >= 0.3 is 0 Å². The number of nitrogens with one attached hydrogen (secondary N) is 1. The van der Waals surface area contributed by atoms with Gasteiger partial charge in [0.05, 0.1) is 11.6 Å². The first-order valence-electron chi connectivity index (χ1n) is 4.23. The van der Waals surface area contributed by atoms with Gasteiger partial charge in [-0.1, -0.05) is 12.1 Å². The van der Waals surface area contributed by atoms with Crippen LogP contribution in [0, 0.1) is 0 Å². The molecule has 80 valence electrons. The second-order valence-electron chi connectivity index (χ2n) is 2.78. The lowest BCUT2D eigenvalue weighted by Gasteiger charge is -2.07. The van der Waals surface area contributed by atoms with Gasteiger partial charge in [0, 0.05) is 5.56 Å². The van der Waals surface area contributed by atoms with Crippen molar-refractivity contribution in [2.24, 2.45) is 0 Å². The summed E-state index contributed by atoms with van der Waals surface area (Å²) in [5.41, 5.74) is 0.833. The molecule has 0 bridgehead atoms. The Morgan fingerprint density at radius 1 is 1.13 bits per heavy atom. The molecule has 1 aromatic carbocycles. The predicted molar refractivity (Wildman–Crippen MR) is 60.8 cm³/mol. The molecule has 0 unspecified atom stereocenters. The predicted octanol–water partition coefficient (Wildman–Crippen LogP) is 2.29. The number of rotatable bonds is 4. The molecule has 0 aliphatic heterocycles. The van der Waals surface area contributed by atoms with Crippen molar-refractivity contribution in [1.29, 1.82) is 0 Å². The maximum absolute atomic E-state index is 11.4. The zero-order valence-corrected chi connectivity index (χ0v) is 9.31. The molecule has 0 fully saturated rings. The van der Waals surface area contributed by atoms with Crippen LogP contribution in [-0.4, -0.2) is 23.5 Å². The Bertz CT molecular complexity index is 379. The molecule has 0 radical (unpaired) electrons. The number of para-hydroxylation sites is 1. The summed E-state index contributed by atoms with van der Waals surface area (Å²) >= 11 is 10.8. The molecule has 1 aromatic rings. The van der Waals surface area contributed by atoms with E-state index in [1.807, 2.05) is 0 Å². The fraction of sp³-hybridized carbons (Fsp3) is 0.200. The number of benzene rings is 1. The Morgan fingerprint density at radius 3 is 2.40 bits per heavy atom. The molecule has 0 aliphatic rings. The van der Waals surface area contributed by atoms with Gasteiger partial charge in [-0.05, 0) is 12.1 Å². The third kappa shape index (κ3) is 3.22. The zero-order valence-electron chi connectivity index (χ0n) is 7.80. The number of anilines is 1. The van der Waals surface area contributed by atoms with Crippen molar-refractivity contribution in [3.63, 3.8) is 0 Å². The minimum absolute atomic E-state index is 0.117. The molecule has 0 aliphatic carbocycles. The number of alkyl halides is 2. The van der Waals surface area contributed by atoms with Crippen LogP contribution in [0.5, 0.6) is 0 Å². The van der Waals surface area contributed by atoms with E-state index >= 15 is 0 Å². The summed E-state index contributed by atoms with van der Waals surface area (Å²) in [5, 5.41) is 2.53. The molecule has 0 heterocycles. The van der Waals surface area contributed by atoms with Gasteiger partial charge in [-0.2, -0.15) is 0 Å². The first-order chi connectivity index (χ1) is 7.19. The van der Waals surface area contributed by atoms with E-state index in [9.17, 15) is 9.59 Å². The van der Waals surface area contributed by atoms with Gasteiger partial charge in [0.1, 0.15) is 5.88 Å². The van der Waals surface area contributed by atoms with E-state index in [1.54, 1.807) is 24.3 Å². The van der Waals surface area contributed by atoms with E-state index in [2.05, 4.69) is 5.32 Å². The lowest BCUT2D eigenvalue weighted by molar-refractivity contribution is -0.113. The number of hydrogen-bond donors (Lipinski definition) is 1. The Balaban J connectivity index is 2.96. The Morgan fingerprint density at radius 2 is 1.80 bits per heavy atom. The summed E-state index contributed by atoms with van der Waals surface area (Å²) < 4.78 is 0. The van der Waals surface area contributed by atoms with Crippen LogP contribution in [0.3, 0.4) is 0 Å². The first kappa shape index (κ1) is 12.0. The molecule has 5 heteroatoms. The van der Waals surface area contributed by atoms with Crippen LogP contribution >= 0.6 is 23.2 Å². The van der Waals surface area contributed by atoms with Crippen LogP contribution in [0.25, 0.3) is 0 Å². The van der Waals surface area contributed by atoms with Gasteiger partial charge in [0.25, 0.3) is 0 Å². The molecule has 0 saturated heterocycles. The molecule has 0 aromatic heterocycles. The highest BCUT2D eigenvalue weighted by atomic mass is 35.5. The summed E-state index contributed by atoms with van der Waals surface area (Å²) in [6.07, 6.45) is 0. The maximum atomic E-state index is 11.4. The van der Waals surface area contributed by atoms with Crippen LogP contribution in [-0.2, 0) is 4.79 Å². The standard InChI is InChI=1S/C10H9Cl2NO2/c11-5-9(14)7-3-1-2-4-8(7)13-10(15)6-12/h1-4H,5-6H2,(H,13,15). The van der Waals surface area contributed by atoms with Crippen molar-refractivity contribution in [2.45, 2.75) is 0 Å². The van der Waals surface area contributed by atoms with Crippen molar-refractivity contribution >= 4 is 40.6 Å². The number of amides is 1. The van der Waals surface area contributed by atoms with Crippen LogP contribution in [0.2, 0.25) is 0 Å². The van der Waals surface area contributed by atoms with Crippen molar-refractivity contribution in [3.05, 3.63) is 29.8 Å². The molecular weight excluding hydrogens is 237 g/mol. The normalized spacial score (nSPS) is 9.73. The van der Waals surface area contributed by atoms with E-state index in [4.69, 9.17) is 23.2 Å². The highest BCUT2D eigenvalue weighted by Crippen LogP contribution is 2.16. The summed E-state index contributed by atoms with van der Waals surface area (Å²) in [5.74, 6) is -0.856. The van der Waals surface area contributed by atoms with Crippen molar-refractivity contribution in [3.8, 4) is 0 Å². The second-order valence-corrected chi connectivity index (χ2v) is 3.32. The number of ketones is 1. The van der Waals surface area contributed by atoms with Crippen molar-refractivity contribution in [2.75, 3.05) is 17.1 Å². The van der Waals surface area contributed by atoms with Crippen molar-refractivity contribution < 1.29 is 9.59 Å². The maximum Gasteiger partial charge on any atom is 0.239 e. The quantitative estimate of drug-likeness (QED) is 0.654.